The zero-order valence-corrected chi connectivity index (χ0v) is 16.3. The molecule has 7 nitrogen and oxygen atoms in total. The topological polar surface area (TPSA) is 117 Å². The van der Waals surface area contributed by atoms with Crippen molar-refractivity contribution < 1.29 is 9.21 Å². The molecule has 0 atom stereocenters. The number of primary amides is 1. The number of nitrogens with two attached hydrogens (primary N) is 2. The summed E-state index contributed by atoms with van der Waals surface area (Å²) >= 11 is 0. The molecule has 0 radical (unpaired) electrons. The molecule has 0 aliphatic carbocycles. The first-order valence-electron chi connectivity index (χ1n) is 9.44. The highest BCUT2D eigenvalue weighted by molar-refractivity contribution is 6.09. The van der Waals surface area contributed by atoms with Gasteiger partial charge in [-0.15, -0.1) is 0 Å². The highest BCUT2D eigenvalue weighted by Crippen LogP contribution is 2.42. The fourth-order valence-corrected chi connectivity index (χ4v) is 3.55. The minimum Gasteiger partial charge on any atom is -0.463 e. The number of anilines is 1. The molecule has 0 aliphatic heterocycles. The van der Waals surface area contributed by atoms with Crippen LogP contribution in [-0.4, -0.2) is 15.5 Å². The van der Waals surface area contributed by atoms with Gasteiger partial charge in [0.05, 0.1) is 11.8 Å². The number of pyridine rings is 2. The third-order valence-electron chi connectivity index (χ3n) is 4.90. The monoisotopic (exact) mass is 400 g/mol. The van der Waals surface area contributed by atoms with Gasteiger partial charge < -0.3 is 20.5 Å². The molecule has 3 heterocycles. The molecule has 4 N–H and O–H groups in total. The average molecular weight is 400 g/mol. The van der Waals surface area contributed by atoms with Gasteiger partial charge in [0.2, 0.25) is 0 Å². The van der Waals surface area contributed by atoms with Crippen LogP contribution in [0, 0.1) is 0 Å². The smallest absolute Gasteiger partial charge is 0.253 e. The van der Waals surface area contributed by atoms with Gasteiger partial charge in [0.1, 0.15) is 11.5 Å². The highest BCUT2D eigenvalue weighted by Gasteiger charge is 2.26. The Morgan fingerprint density at radius 3 is 2.43 bits per heavy atom. The second-order valence-corrected chi connectivity index (χ2v) is 6.72. The van der Waals surface area contributed by atoms with Crippen LogP contribution in [0.25, 0.3) is 33.7 Å². The fraction of sp³-hybridized carbons (Fsp3) is 0.0870. The largest absolute Gasteiger partial charge is 0.463 e. The van der Waals surface area contributed by atoms with E-state index in [4.69, 9.17) is 15.9 Å². The molecule has 0 aliphatic rings. The van der Waals surface area contributed by atoms with Crippen LogP contribution in [0.15, 0.2) is 76.3 Å². The number of carbonyl (C=O) groups is 1. The fourth-order valence-electron chi connectivity index (χ4n) is 3.55. The number of hydrogen-bond donors (Lipinski definition) is 2. The van der Waals surface area contributed by atoms with Crippen LogP contribution in [0.2, 0.25) is 0 Å². The minimum absolute atomic E-state index is 0.0142. The van der Waals surface area contributed by atoms with E-state index >= 15 is 0 Å². The number of amides is 1. The molecule has 7 heteroatoms. The predicted octanol–water partition coefficient (Wildman–Crippen LogP) is 3.54. The van der Waals surface area contributed by atoms with Crippen LogP contribution in [0.3, 0.4) is 0 Å². The molecular weight excluding hydrogens is 380 g/mol. The van der Waals surface area contributed by atoms with Gasteiger partial charge in [-0.3, -0.25) is 9.59 Å². The van der Waals surface area contributed by atoms with Crippen molar-refractivity contribution in [2.45, 2.75) is 13.5 Å². The van der Waals surface area contributed by atoms with Crippen LogP contribution in [-0.2, 0) is 6.54 Å². The maximum Gasteiger partial charge on any atom is 0.253 e. The van der Waals surface area contributed by atoms with E-state index in [2.05, 4.69) is 4.98 Å². The lowest BCUT2D eigenvalue weighted by Gasteiger charge is -2.19. The first-order valence-corrected chi connectivity index (χ1v) is 9.44. The normalized spacial score (nSPS) is 10.8. The lowest BCUT2D eigenvalue weighted by Crippen LogP contribution is -2.19. The van der Waals surface area contributed by atoms with E-state index in [9.17, 15) is 9.59 Å². The van der Waals surface area contributed by atoms with Crippen LogP contribution < -0.4 is 17.0 Å². The first kappa shape index (κ1) is 19.2. The van der Waals surface area contributed by atoms with E-state index in [1.165, 1.54) is 12.3 Å². The van der Waals surface area contributed by atoms with Crippen molar-refractivity contribution in [3.05, 3.63) is 83.0 Å². The lowest BCUT2D eigenvalue weighted by molar-refractivity contribution is 0.100. The summed E-state index contributed by atoms with van der Waals surface area (Å²) in [6.07, 6.45) is 3.27. The number of nitrogens with zero attached hydrogens (tertiary/aromatic N) is 2. The van der Waals surface area contributed by atoms with Crippen molar-refractivity contribution in [1.29, 1.82) is 0 Å². The van der Waals surface area contributed by atoms with Crippen LogP contribution in [0.5, 0.6) is 0 Å². The summed E-state index contributed by atoms with van der Waals surface area (Å²) in [5.74, 6) is -0.186. The van der Waals surface area contributed by atoms with Gasteiger partial charge in [-0.05, 0) is 30.7 Å². The number of rotatable bonds is 5. The maximum atomic E-state index is 12.4. The van der Waals surface area contributed by atoms with Crippen LogP contribution in [0.4, 0.5) is 5.82 Å². The number of nitrogen functional groups attached to an aromatic ring is 1. The van der Waals surface area contributed by atoms with Gasteiger partial charge in [-0.1, -0.05) is 30.3 Å². The second-order valence-electron chi connectivity index (χ2n) is 6.72. The van der Waals surface area contributed by atoms with Gasteiger partial charge >= 0.3 is 0 Å². The Hall–Kier alpha value is -4.13. The summed E-state index contributed by atoms with van der Waals surface area (Å²) in [6, 6.07) is 16.0. The number of furan rings is 1. The second kappa shape index (κ2) is 7.71. The van der Waals surface area contributed by atoms with E-state index in [0.29, 0.717) is 34.7 Å². The molecule has 150 valence electrons. The van der Waals surface area contributed by atoms with Gasteiger partial charge in [-0.25, -0.2) is 4.98 Å². The van der Waals surface area contributed by atoms with Crippen molar-refractivity contribution >= 4 is 11.7 Å². The predicted molar refractivity (Wildman–Crippen MR) is 116 cm³/mol. The third kappa shape index (κ3) is 3.26. The molecule has 0 spiro atoms. The molecule has 0 saturated carbocycles. The van der Waals surface area contributed by atoms with Crippen molar-refractivity contribution in [2.24, 2.45) is 5.73 Å². The number of hydrogen-bond acceptors (Lipinski definition) is 5. The zero-order valence-electron chi connectivity index (χ0n) is 16.3. The van der Waals surface area contributed by atoms with E-state index in [-0.39, 0.29) is 16.9 Å². The van der Waals surface area contributed by atoms with E-state index in [0.717, 1.165) is 5.56 Å². The molecule has 1 aromatic carbocycles. The summed E-state index contributed by atoms with van der Waals surface area (Å²) in [4.78, 5) is 29.0. The molecule has 4 aromatic rings. The Morgan fingerprint density at radius 1 is 1.03 bits per heavy atom. The molecule has 1 amide bonds. The average Bonchev–Trinajstić information content (AvgIpc) is 3.28. The number of benzene rings is 1. The van der Waals surface area contributed by atoms with Gasteiger partial charge in [-0.2, -0.15) is 0 Å². The quantitative estimate of drug-likeness (QED) is 0.531. The van der Waals surface area contributed by atoms with Crippen molar-refractivity contribution in [2.75, 3.05) is 5.73 Å². The molecule has 4 rings (SSSR count). The number of aromatic nitrogens is 2. The van der Waals surface area contributed by atoms with Gasteiger partial charge in [0.15, 0.2) is 5.76 Å². The van der Waals surface area contributed by atoms with E-state index < -0.39 is 5.91 Å². The summed E-state index contributed by atoms with van der Waals surface area (Å²) < 4.78 is 7.19. The maximum absolute atomic E-state index is 12.4. The SMILES string of the molecule is CCn1cc(-c2c(-c3ccco3)nc(N)c(C(N)=O)c2-c2ccccc2)ccc1=O. The van der Waals surface area contributed by atoms with Crippen molar-refractivity contribution in [1.82, 2.24) is 9.55 Å². The van der Waals surface area contributed by atoms with Crippen molar-refractivity contribution in [3.8, 4) is 33.7 Å². The van der Waals surface area contributed by atoms with Crippen molar-refractivity contribution in [3.63, 3.8) is 0 Å². The molecule has 0 fully saturated rings. The Morgan fingerprint density at radius 2 is 1.80 bits per heavy atom. The van der Waals surface area contributed by atoms with Gasteiger partial charge in [0.25, 0.3) is 11.5 Å². The Balaban J connectivity index is 2.19. The standard InChI is InChI=1S/C23H20N4O3/c1-2-27-13-15(10-11-17(27)28)19-18(14-7-4-3-5-8-14)20(23(25)29)22(24)26-21(19)16-9-6-12-30-16/h3-13H,2H2,1H3,(H2,24,26)(H2,25,29). The molecule has 0 bridgehead atoms. The number of aryl methyl sites for hydroxylation is 1. The molecule has 30 heavy (non-hydrogen) atoms. The Labute approximate surface area is 172 Å². The Kier molecular flexibility index (Phi) is 4.93. The third-order valence-corrected chi connectivity index (χ3v) is 4.90. The molecule has 0 saturated heterocycles. The number of carbonyl (C=O) groups excluding carboxylic acids is 1. The molecular formula is C23H20N4O3. The summed E-state index contributed by atoms with van der Waals surface area (Å²) in [7, 11) is 0. The lowest BCUT2D eigenvalue weighted by atomic mass is 9.89. The zero-order chi connectivity index (χ0) is 21.3. The molecule has 3 aromatic heterocycles. The van der Waals surface area contributed by atoms with E-state index in [1.807, 2.05) is 37.3 Å². The summed E-state index contributed by atoms with van der Waals surface area (Å²) in [6.45, 7) is 2.38. The van der Waals surface area contributed by atoms with Gasteiger partial charge in [0, 0.05) is 35.5 Å². The first-order chi connectivity index (χ1) is 14.5. The van der Waals surface area contributed by atoms with E-state index in [1.54, 1.807) is 29.0 Å². The van der Waals surface area contributed by atoms with Crippen LogP contribution >= 0.6 is 0 Å². The highest BCUT2D eigenvalue weighted by atomic mass is 16.3. The summed E-state index contributed by atoms with van der Waals surface area (Å²) in [5.41, 5.74) is 15.0. The Bertz CT molecular complexity index is 1280. The molecule has 0 unspecified atom stereocenters. The summed E-state index contributed by atoms with van der Waals surface area (Å²) in [5, 5.41) is 0. The van der Waals surface area contributed by atoms with Crippen LogP contribution in [0.1, 0.15) is 17.3 Å². The minimum atomic E-state index is -0.685.